The minimum Gasteiger partial charge on any atom is -0.495 e. The fourth-order valence-electron chi connectivity index (χ4n) is 3.39. The molecule has 23 heavy (non-hydrogen) atoms. The van der Waals surface area contributed by atoms with E-state index in [0.717, 1.165) is 25.3 Å². The van der Waals surface area contributed by atoms with Crippen molar-refractivity contribution in [2.24, 2.45) is 0 Å². The number of nitrogens with one attached hydrogen (secondary N) is 1. The first-order chi connectivity index (χ1) is 11.2. The van der Waals surface area contributed by atoms with Crippen LogP contribution in [0.1, 0.15) is 36.1 Å². The number of methoxy groups -OCH3 is 1. The molecule has 3 heteroatoms. The largest absolute Gasteiger partial charge is 0.495 e. The van der Waals surface area contributed by atoms with E-state index in [1.54, 1.807) is 7.11 Å². The third-order valence-corrected chi connectivity index (χ3v) is 4.82. The summed E-state index contributed by atoms with van der Waals surface area (Å²) in [7, 11) is 3.95. The lowest BCUT2D eigenvalue weighted by Gasteiger charge is -2.30. The molecule has 0 saturated carbocycles. The molecule has 0 bridgehead atoms. The van der Waals surface area contributed by atoms with Gasteiger partial charge in [-0.15, -0.1) is 0 Å². The van der Waals surface area contributed by atoms with E-state index in [1.807, 2.05) is 0 Å². The predicted octanol–water partition coefficient (Wildman–Crippen LogP) is 4.25. The normalized spacial score (nSPS) is 15.0. The first-order valence-electron chi connectivity index (χ1n) is 8.38. The van der Waals surface area contributed by atoms with Gasteiger partial charge in [-0.25, -0.2) is 0 Å². The molecule has 0 amide bonds. The zero-order valence-corrected chi connectivity index (χ0v) is 14.3. The highest BCUT2D eigenvalue weighted by Gasteiger charge is 2.22. The van der Waals surface area contributed by atoms with Gasteiger partial charge >= 0.3 is 0 Å². The summed E-state index contributed by atoms with van der Waals surface area (Å²) in [5.74, 6) is 0.960. The van der Waals surface area contributed by atoms with Gasteiger partial charge in [0.15, 0.2) is 0 Å². The fourth-order valence-corrected chi connectivity index (χ4v) is 3.39. The van der Waals surface area contributed by atoms with Gasteiger partial charge in [-0.05, 0) is 49.6 Å². The van der Waals surface area contributed by atoms with Crippen molar-refractivity contribution in [2.45, 2.75) is 32.4 Å². The van der Waals surface area contributed by atoms with Crippen molar-refractivity contribution < 1.29 is 4.74 Å². The van der Waals surface area contributed by atoms with E-state index >= 15 is 0 Å². The molecule has 2 aromatic carbocycles. The smallest absolute Gasteiger partial charge is 0.142 e. The van der Waals surface area contributed by atoms with Gasteiger partial charge in [0.2, 0.25) is 0 Å². The molecule has 0 spiro atoms. The van der Waals surface area contributed by atoms with Crippen molar-refractivity contribution >= 4 is 5.69 Å². The second-order valence-electron chi connectivity index (χ2n) is 6.32. The van der Waals surface area contributed by atoms with Crippen LogP contribution in [0, 0.1) is 0 Å². The first-order valence-corrected chi connectivity index (χ1v) is 8.38. The Morgan fingerprint density at radius 1 is 1.17 bits per heavy atom. The fraction of sp³-hybridized carbons (Fsp3) is 0.400. The Kier molecular flexibility index (Phi) is 4.87. The van der Waals surface area contributed by atoms with Gasteiger partial charge in [-0.2, -0.15) is 0 Å². The Bertz CT molecular complexity index is 654. The molecule has 0 fully saturated rings. The summed E-state index contributed by atoms with van der Waals surface area (Å²) in [5.41, 5.74) is 5.37. The quantitative estimate of drug-likeness (QED) is 0.893. The Morgan fingerprint density at radius 2 is 1.96 bits per heavy atom. The summed E-state index contributed by atoms with van der Waals surface area (Å²) in [4.78, 5) is 2.41. The molecule has 0 radical (unpaired) electrons. The van der Waals surface area contributed by atoms with E-state index in [4.69, 9.17) is 4.74 Å². The van der Waals surface area contributed by atoms with Crippen LogP contribution in [0.25, 0.3) is 0 Å². The second kappa shape index (κ2) is 7.05. The van der Waals surface area contributed by atoms with Crippen molar-refractivity contribution in [1.82, 2.24) is 4.90 Å². The van der Waals surface area contributed by atoms with E-state index in [0.29, 0.717) is 6.04 Å². The lowest BCUT2D eigenvalue weighted by Crippen LogP contribution is -2.24. The van der Waals surface area contributed by atoms with Gasteiger partial charge in [0.1, 0.15) is 5.75 Å². The Labute approximate surface area is 139 Å². The number of benzene rings is 2. The van der Waals surface area contributed by atoms with Crippen LogP contribution in [0.2, 0.25) is 0 Å². The topological polar surface area (TPSA) is 24.5 Å². The van der Waals surface area contributed by atoms with E-state index < -0.39 is 0 Å². The maximum absolute atomic E-state index is 5.53. The van der Waals surface area contributed by atoms with Gasteiger partial charge in [0.05, 0.1) is 12.8 Å². The van der Waals surface area contributed by atoms with Crippen LogP contribution in [0.3, 0.4) is 0 Å². The maximum Gasteiger partial charge on any atom is 0.142 e. The van der Waals surface area contributed by atoms with Crippen LogP contribution in [-0.2, 0) is 13.0 Å². The summed E-state index contributed by atoms with van der Waals surface area (Å²) in [6.45, 7) is 4.27. The molecule has 3 rings (SSSR count). The number of hydrogen-bond donors (Lipinski definition) is 1. The number of rotatable bonds is 5. The summed E-state index contributed by atoms with van der Waals surface area (Å²) >= 11 is 0. The standard InChI is InChI=1S/C20H26N2O/c1-15(22(2)14-16-8-5-4-6-9-16)17-11-12-19(23-3)20-18(17)10-7-13-21-20/h4-6,8-9,11-12,15,21H,7,10,13-14H2,1-3H3. The minimum absolute atomic E-state index is 0.370. The van der Waals surface area contributed by atoms with Crippen molar-refractivity contribution in [1.29, 1.82) is 0 Å². The van der Waals surface area contributed by atoms with Crippen molar-refractivity contribution in [2.75, 3.05) is 26.0 Å². The number of nitrogens with zero attached hydrogens (tertiary/aromatic N) is 1. The second-order valence-corrected chi connectivity index (χ2v) is 6.32. The Balaban J connectivity index is 1.85. The Hall–Kier alpha value is -2.00. The average Bonchev–Trinajstić information content (AvgIpc) is 2.61. The third-order valence-electron chi connectivity index (χ3n) is 4.82. The molecular weight excluding hydrogens is 284 g/mol. The molecular formula is C20H26N2O. The molecule has 0 saturated heterocycles. The van der Waals surface area contributed by atoms with E-state index in [1.165, 1.54) is 28.8 Å². The van der Waals surface area contributed by atoms with E-state index in [2.05, 4.69) is 66.7 Å². The van der Waals surface area contributed by atoms with Crippen molar-refractivity contribution in [3.8, 4) is 5.75 Å². The van der Waals surface area contributed by atoms with E-state index in [9.17, 15) is 0 Å². The molecule has 2 aromatic rings. The van der Waals surface area contributed by atoms with Gasteiger partial charge < -0.3 is 10.1 Å². The van der Waals surface area contributed by atoms with Crippen LogP contribution >= 0.6 is 0 Å². The zero-order chi connectivity index (χ0) is 16.2. The lowest BCUT2D eigenvalue weighted by molar-refractivity contribution is 0.252. The number of anilines is 1. The lowest BCUT2D eigenvalue weighted by atomic mass is 9.92. The molecule has 1 aliphatic heterocycles. The highest BCUT2D eigenvalue weighted by Crippen LogP contribution is 2.38. The molecule has 1 atom stereocenters. The van der Waals surface area contributed by atoms with Crippen LogP contribution < -0.4 is 10.1 Å². The number of ether oxygens (including phenoxy) is 1. The van der Waals surface area contributed by atoms with Crippen LogP contribution in [0.5, 0.6) is 5.75 Å². The van der Waals surface area contributed by atoms with Gasteiger partial charge in [0.25, 0.3) is 0 Å². The highest BCUT2D eigenvalue weighted by atomic mass is 16.5. The average molecular weight is 310 g/mol. The molecule has 0 aromatic heterocycles. The molecule has 1 N–H and O–H groups in total. The van der Waals surface area contributed by atoms with Gasteiger partial charge in [0, 0.05) is 19.1 Å². The molecule has 122 valence electrons. The minimum atomic E-state index is 0.370. The third kappa shape index (κ3) is 3.35. The number of fused-ring (bicyclic) bond motifs is 1. The number of hydrogen-bond acceptors (Lipinski definition) is 3. The van der Waals surface area contributed by atoms with Gasteiger partial charge in [-0.3, -0.25) is 4.90 Å². The summed E-state index contributed by atoms with van der Waals surface area (Å²) in [5, 5.41) is 3.52. The monoisotopic (exact) mass is 310 g/mol. The molecule has 3 nitrogen and oxygen atoms in total. The molecule has 1 unspecified atom stereocenters. The summed E-state index contributed by atoms with van der Waals surface area (Å²) in [6.07, 6.45) is 2.31. The van der Waals surface area contributed by atoms with Crippen molar-refractivity contribution in [3.05, 3.63) is 59.2 Å². The van der Waals surface area contributed by atoms with Crippen molar-refractivity contribution in [3.63, 3.8) is 0 Å². The van der Waals surface area contributed by atoms with Crippen LogP contribution in [0.15, 0.2) is 42.5 Å². The molecule has 0 aliphatic carbocycles. The highest BCUT2D eigenvalue weighted by molar-refractivity contribution is 5.66. The van der Waals surface area contributed by atoms with Gasteiger partial charge in [-0.1, -0.05) is 36.4 Å². The van der Waals surface area contributed by atoms with E-state index in [-0.39, 0.29) is 0 Å². The predicted molar refractivity (Wildman–Crippen MR) is 96.1 cm³/mol. The Morgan fingerprint density at radius 3 is 2.70 bits per heavy atom. The maximum atomic E-state index is 5.53. The van der Waals surface area contributed by atoms with Crippen LogP contribution in [-0.4, -0.2) is 25.6 Å². The first kappa shape index (κ1) is 15.9. The molecule has 1 heterocycles. The zero-order valence-electron chi connectivity index (χ0n) is 14.3. The SMILES string of the molecule is COc1ccc(C(C)N(C)Cc2ccccc2)c2c1NCCC2. The summed E-state index contributed by atoms with van der Waals surface area (Å²) < 4.78 is 5.53. The van der Waals surface area contributed by atoms with Crippen LogP contribution in [0.4, 0.5) is 5.69 Å². The summed E-state index contributed by atoms with van der Waals surface area (Å²) in [6, 6.07) is 15.4. The molecule has 1 aliphatic rings.